The van der Waals surface area contributed by atoms with E-state index in [4.69, 9.17) is 14.2 Å². The Bertz CT molecular complexity index is 1090. The van der Waals surface area contributed by atoms with Gasteiger partial charge in [-0.25, -0.2) is 0 Å². The van der Waals surface area contributed by atoms with Gasteiger partial charge in [0.25, 0.3) is 0 Å². The molecule has 0 aliphatic carbocycles. The second-order valence-corrected chi connectivity index (χ2v) is 21.7. The number of hydrogen-bond donors (Lipinski definition) is 0. The molecule has 1 atom stereocenters. The van der Waals surface area contributed by atoms with Crippen LogP contribution in [0.5, 0.6) is 0 Å². The Kier molecular flexibility index (Phi) is 58.1. The van der Waals surface area contributed by atoms with Crippen LogP contribution in [0.3, 0.4) is 0 Å². The minimum absolute atomic E-state index is 0.0682. The maximum absolute atomic E-state index is 12.8. The molecular formula is C64H122O6. The molecule has 0 aromatic carbocycles. The third-order valence-electron chi connectivity index (χ3n) is 14.5. The molecule has 6 nitrogen and oxygen atoms in total. The van der Waals surface area contributed by atoms with E-state index < -0.39 is 6.10 Å². The van der Waals surface area contributed by atoms with Crippen molar-refractivity contribution in [3.05, 3.63) is 12.2 Å². The summed E-state index contributed by atoms with van der Waals surface area (Å²) in [5.74, 6) is -0.861. The number of carbonyl (C=O) groups excluding carboxylic acids is 3. The number of esters is 3. The molecule has 0 N–H and O–H groups in total. The van der Waals surface area contributed by atoms with E-state index >= 15 is 0 Å². The molecule has 414 valence electrons. The van der Waals surface area contributed by atoms with Gasteiger partial charge in [-0.05, 0) is 44.9 Å². The van der Waals surface area contributed by atoms with Crippen LogP contribution in [0.4, 0.5) is 0 Å². The van der Waals surface area contributed by atoms with Crippen molar-refractivity contribution < 1.29 is 28.6 Å². The highest BCUT2D eigenvalue weighted by atomic mass is 16.6. The number of rotatable bonds is 59. The van der Waals surface area contributed by atoms with Gasteiger partial charge in [-0.2, -0.15) is 0 Å². The largest absolute Gasteiger partial charge is 0.462 e. The number of hydrogen-bond acceptors (Lipinski definition) is 6. The van der Waals surface area contributed by atoms with Crippen molar-refractivity contribution in [3.63, 3.8) is 0 Å². The van der Waals surface area contributed by atoms with Crippen molar-refractivity contribution in [3.8, 4) is 0 Å². The van der Waals surface area contributed by atoms with E-state index in [1.807, 2.05) is 0 Å². The Balaban J connectivity index is 3.92. The molecule has 0 radical (unpaired) electrons. The Hall–Kier alpha value is -1.85. The highest BCUT2D eigenvalue weighted by Crippen LogP contribution is 2.18. The van der Waals surface area contributed by atoms with Crippen molar-refractivity contribution >= 4 is 17.9 Å². The second kappa shape index (κ2) is 59.7. The fraction of sp³-hybridized carbons (Fsp3) is 0.922. The third-order valence-corrected chi connectivity index (χ3v) is 14.5. The number of ether oxygens (including phenoxy) is 3. The number of unbranched alkanes of at least 4 members (excludes halogenated alkanes) is 46. The van der Waals surface area contributed by atoms with Crippen LogP contribution in [0.2, 0.25) is 0 Å². The summed E-state index contributed by atoms with van der Waals surface area (Å²) in [6.45, 7) is 6.63. The summed E-state index contributed by atoms with van der Waals surface area (Å²) >= 11 is 0. The summed E-state index contributed by atoms with van der Waals surface area (Å²) in [6.07, 6.45) is 69.8. The zero-order chi connectivity index (χ0) is 50.7. The van der Waals surface area contributed by atoms with Crippen LogP contribution in [0, 0.1) is 0 Å². The van der Waals surface area contributed by atoms with E-state index in [-0.39, 0.29) is 31.1 Å². The summed E-state index contributed by atoms with van der Waals surface area (Å²) in [5, 5.41) is 0. The van der Waals surface area contributed by atoms with Gasteiger partial charge >= 0.3 is 17.9 Å². The molecule has 0 aromatic heterocycles. The molecule has 0 spiro atoms. The molecule has 0 saturated carbocycles. The average molecular weight is 988 g/mol. The van der Waals surface area contributed by atoms with Crippen LogP contribution in [0.25, 0.3) is 0 Å². The van der Waals surface area contributed by atoms with Gasteiger partial charge in [0.1, 0.15) is 13.2 Å². The van der Waals surface area contributed by atoms with E-state index in [0.29, 0.717) is 19.3 Å². The van der Waals surface area contributed by atoms with E-state index in [9.17, 15) is 14.4 Å². The van der Waals surface area contributed by atoms with Crippen LogP contribution in [-0.2, 0) is 28.6 Å². The molecule has 0 rings (SSSR count). The maximum Gasteiger partial charge on any atom is 0.306 e. The fourth-order valence-corrected chi connectivity index (χ4v) is 9.74. The van der Waals surface area contributed by atoms with Crippen molar-refractivity contribution in [2.45, 2.75) is 367 Å². The predicted molar refractivity (Wildman–Crippen MR) is 303 cm³/mol. The number of allylic oxidation sites excluding steroid dienone is 2. The lowest BCUT2D eigenvalue weighted by Crippen LogP contribution is -2.30. The standard InChI is InChI=1S/C64H122O6/c1-4-7-10-13-16-19-21-23-24-25-26-27-28-29-30-31-32-33-34-35-36-37-38-39-40-41-42-44-45-48-51-54-57-63(66)69-60-61(59-68-62(65)56-53-50-47-18-15-12-9-6-3)70-64(67)58-55-52-49-46-43-22-20-17-14-11-8-5-2/h17,20,61H,4-16,18-19,21-60H2,1-3H3/b20-17-. The third kappa shape index (κ3) is 57.1. The molecule has 1 unspecified atom stereocenters. The topological polar surface area (TPSA) is 78.9 Å². The first-order valence-corrected chi connectivity index (χ1v) is 31.7. The van der Waals surface area contributed by atoms with Crippen molar-refractivity contribution in [2.75, 3.05) is 13.2 Å². The highest BCUT2D eigenvalue weighted by Gasteiger charge is 2.19. The van der Waals surface area contributed by atoms with Crippen LogP contribution in [0.1, 0.15) is 361 Å². The Labute approximate surface area is 437 Å². The summed E-state index contributed by atoms with van der Waals surface area (Å²) in [7, 11) is 0. The van der Waals surface area contributed by atoms with Gasteiger partial charge in [0.2, 0.25) is 0 Å². The Morgan fingerprint density at radius 3 is 0.743 bits per heavy atom. The molecule has 6 heteroatoms. The maximum atomic E-state index is 12.8. The molecular weight excluding hydrogens is 865 g/mol. The van der Waals surface area contributed by atoms with Crippen LogP contribution in [-0.4, -0.2) is 37.2 Å². The minimum atomic E-state index is -0.767. The summed E-state index contributed by atoms with van der Waals surface area (Å²) in [4.78, 5) is 37.9. The van der Waals surface area contributed by atoms with Crippen molar-refractivity contribution in [2.24, 2.45) is 0 Å². The van der Waals surface area contributed by atoms with Gasteiger partial charge in [0.05, 0.1) is 0 Å². The lowest BCUT2D eigenvalue weighted by molar-refractivity contribution is -0.167. The van der Waals surface area contributed by atoms with E-state index in [0.717, 1.165) is 64.2 Å². The van der Waals surface area contributed by atoms with E-state index in [1.54, 1.807) is 0 Å². The molecule has 0 aromatic rings. The Morgan fingerprint density at radius 2 is 0.471 bits per heavy atom. The fourth-order valence-electron chi connectivity index (χ4n) is 9.74. The SMILES string of the molecule is CCCCC/C=C\CCCCCCCC(=O)OC(COC(=O)CCCCCCCCCC)COC(=O)CCCCCCCCCCCCCCCCCCCCCCCCCCCCCCCCCC. The first-order chi connectivity index (χ1) is 34.5. The van der Waals surface area contributed by atoms with Crippen molar-refractivity contribution in [1.29, 1.82) is 0 Å². The van der Waals surface area contributed by atoms with Crippen LogP contribution in [0.15, 0.2) is 12.2 Å². The second-order valence-electron chi connectivity index (χ2n) is 21.7. The first-order valence-electron chi connectivity index (χ1n) is 31.7. The Morgan fingerprint density at radius 1 is 0.271 bits per heavy atom. The molecule has 0 fully saturated rings. The summed E-state index contributed by atoms with van der Waals surface area (Å²) < 4.78 is 16.8. The lowest BCUT2D eigenvalue weighted by Gasteiger charge is -2.18. The predicted octanol–water partition coefficient (Wildman–Crippen LogP) is 21.3. The first kappa shape index (κ1) is 68.2. The zero-order valence-electron chi connectivity index (χ0n) is 47.6. The molecule has 0 saturated heterocycles. The smallest absolute Gasteiger partial charge is 0.306 e. The molecule has 0 aliphatic rings. The highest BCUT2D eigenvalue weighted by molar-refractivity contribution is 5.71. The van der Waals surface area contributed by atoms with Crippen molar-refractivity contribution in [1.82, 2.24) is 0 Å². The molecule has 0 heterocycles. The van der Waals surface area contributed by atoms with Gasteiger partial charge in [0, 0.05) is 19.3 Å². The van der Waals surface area contributed by atoms with Gasteiger partial charge in [-0.15, -0.1) is 0 Å². The van der Waals surface area contributed by atoms with Crippen LogP contribution >= 0.6 is 0 Å². The molecule has 0 amide bonds. The lowest BCUT2D eigenvalue weighted by atomic mass is 10.0. The van der Waals surface area contributed by atoms with E-state index in [1.165, 1.54) is 257 Å². The monoisotopic (exact) mass is 987 g/mol. The zero-order valence-corrected chi connectivity index (χ0v) is 47.6. The minimum Gasteiger partial charge on any atom is -0.462 e. The van der Waals surface area contributed by atoms with Gasteiger partial charge in [-0.3, -0.25) is 14.4 Å². The normalized spacial score (nSPS) is 12.0. The van der Waals surface area contributed by atoms with Gasteiger partial charge < -0.3 is 14.2 Å². The van der Waals surface area contributed by atoms with Crippen LogP contribution < -0.4 is 0 Å². The molecule has 70 heavy (non-hydrogen) atoms. The summed E-state index contributed by atoms with van der Waals surface area (Å²) in [5.41, 5.74) is 0. The quantitative estimate of drug-likeness (QED) is 0.0261. The number of carbonyl (C=O) groups is 3. The average Bonchev–Trinajstić information content (AvgIpc) is 3.36. The van der Waals surface area contributed by atoms with Gasteiger partial charge in [0.15, 0.2) is 6.10 Å². The van der Waals surface area contributed by atoms with E-state index in [2.05, 4.69) is 32.9 Å². The molecule has 0 bridgehead atoms. The summed E-state index contributed by atoms with van der Waals surface area (Å²) in [6, 6.07) is 0. The molecule has 0 aliphatic heterocycles. The van der Waals surface area contributed by atoms with Gasteiger partial charge in [-0.1, -0.05) is 309 Å².